The molecule has 5 nitrogen and oxygen atoms in total. The first-order valence-corrected chi connectivity index (χ1v) is 11.0. The van der Waals surface area contributed by atoms with Gasteiger partial charge in [-0.3, -0.25) is 9.59 Å². The van der Waals surface area contributed by atoms with E-state index in [1.807, 2.05) is 27.7 Å². The Hall–Kier alpha value is -1.34. The monoisotopic (exact) mass is 395 g/mol. The second-order valence-electron chi connectivity index (χ2n) is 7.31. The Bertz CT molecular complexity index is 826. The van der Waals surface area contributed by atoms with Gasteiger partial charge < -0.3 is 10.3 Å². The van der Waals surface area contributed by atoms with E-state index in [1.165, 1.54) is 11.8 Å². The average Bonchev–Trinajstić information content (AvgIpc) is 2.85. The molecule has 0 aliphatic rings. The number of carbonyl (C=O) groups is 1. The van der Waals surface area contributed by atoms with Gasteiger partial charge in [-0.15, -0.1) is 23.1 Å². The maximum atomic E-state index is 12.3. The lowest BCUT2D eigenvalue weighted by Crippen LogP contribution is -2.37. The van der Waals surface area contributed by atoms with Crippen LogP contribution < -0.4 is 10.9 Å². The first kappa shape index (κ1) is 21.0. The molecule has 2 aromatic rings. The Labute approximate surface area is 163 Å². The van der Waals surface area contributed by atoms with E-state index in [4.69, 9.17) is 0 Å². The van der Waals surface area contributed by atoms with Crippen molar-refractivity contribution in [1.82, 2.24) is 15.3 Å². The highest BCUT2D eigenvalue weighted by molar-refractivity contribution is 7.99. The van der Waals surface area contributed by atoms with Crippen LogP contribution in [0.25, 0.3) is 10.2 Å². The minimum atomic E-state index is -0.190. The zero-order valence-electron chi connectivity index (χ0n) is 16.4. The fourth-order valence-corrected chi connectivity index (χ4v) is 4.48. The quantitative estimate of drug-likeness (QED) is 0.704. The van der Waals surface area contributed by atoms with Crippen molar-refractivity contribution in [3.63, 3.8) is 0 Å². The highest BCUT2D eigenvalue weighted by Crippen LogP contribution is 2.26. The number of rotatable bonds is 8. The molecule has 1 amide bonds. The topological polar surface area (TPSA) is 74.8 Å². The summed E-state index contributed by atoms with van der Waals surface area (Å²) < 4.78 is 0. The third-order valence-corrected chi connectivity index (χ3v) is 6.75. The van der Waals surface area contributed by atoms with Crippen LogP contribution in [0.5, 0.6) is 0 Å². The molecule has 0 aromatic carbocycles. The fourth-order valence-electron chi connectivity index (χ4n) is 2.66. The number of carbonyl (C=O) groups excluding carboxylic acids is 1. The lowest BCUT2D eigenvalue weighted by atomic mass is 10.0. The summed E-state index contributed by atoms with van der Waals surface area (Å²) in [6.45, 7) is 12.3. The van der Waals surface area contributed by atoms with Crippen LogP contribution in [0.4, 0.5) is 0 Å². The van der Waals surface area contributed by atoms with Crippen LogP contribution in [0.1, 0.15) is 56.8 Å². The second kappa shape index (κ2) is 9.04. The van der Waals surface area contributed by atoms with Gasteiger partial charge in [0, 0.05) is 10.9 Å². The normalized spacial score (nSPS) is 14.0. The number of aromatic amines is 1. The van der Waals surface area contributed by atoms with Crippen molar-refractivity contribution in [1.29, 1.82) is 0 Å². The summed E-state index contributed by atoms with van der Waals surface area (Å²) in [5.74, 6) is 1.82. The first-order valence-electron chi connectivity index (χ1n) is 9.09. The van der Waals surface area contributed by atoms with Gasteiger partial charge in [-0.1, -0.05) is 13.8 Å². The number of thiophene rings is 1. The predicted molar refractivity (Wildman–Crippen MR) is 112 cm³/mol. The van der Waals surface area contributed by atoms with Crippen LogP contribution >= 0.6 is 23.1 Å². The number of amides is 1. The van der Waals surface area contributed by atoms with E-state index in [0.29, 0.717) is 22.9 Å². The molecule has 0 bridgehead atoms. The molecule has 2 atom stereocenters. The number of fused-ring (bicyclic) bond motifs is 1. The Morgan fingerprint density at radius 2 is 1.92 bits per heavy atom. The number of H-pyrrole nitrogens is 1. The van der Waals surface area contributed by atoms with E-state index in [-0.39, 0.29) is 22.8 Å². The molecule has 0 spiro atoms. The van der Waals surface area contributed by atoms with Crippen molar-refractivity contribution in [3.05, 3.63) is 26.6 Å². The molecule has 2 aromatic heterocycles. The van der Waals surface area contributed by atoms with Crippen molar-refractivity contribution in [2.75, 3.05) is 0 Å². The maximum absolute atomic E-state index is 12.3. The standard InChI is InChI=1S/C19H29N3O2S2/c1-10(2)7-8-11(3)20-17(23)14(6)25-9-15-21-18(24)16-12(4)13(5)26-19(16)22-15/h10-11,14H,7-9H2,1-6H3,(H,20,23)(H,21,22,24). The molecule has 2 heterocycles. The smallest absolute Gasteiger partial charge is 0.259 e. The Morgan fingerprint density at radius 1 is 1.23 bits per heavy atom. The summed E-state index contributed by atoms with van der Waals surface area (Å²) in [5, 5.41) is 3.57. The number of nitrogens with zero attached hydrogens (tertiary/aromatic N) is 1. The van der Waals surface area contributed by atoms with Gasteiger partial charge in [-0.05, 0) is 52.0 Å². The van der Waals surface area contributed by atoms with Gasteiger partial charge in [0.25, 0.3) is 5.56 Å². The highest BCUT2D eigenvalue weighted by Gasteiger charge is 2.17. The third-order valence-electron chi connectivity index (χ3n) is 4.49. The number of thioether (sulfide) groups is 1. The molecule has 2 rings (SSSR count). The van der Waals surface area contributed by atoms with Gasteiger partial charge in [0.1, 0.15) is 10.7 Å². The van der Waals surface area contributed by atoms with Crippen LogP contribution in [-0.2, 0) is 10.5 Å². The summed E-state index contributed by atoms with van der Waals surface area (Å²) in [5.41, 5.74) is 0.910. The number of nitrogens with one attached hydrogen (secondary N) is 2. The minimum absolute atomic E-state index is 0.0393. The van der Waals surface area contributed by atoms with Crippen molar-refractivity contribution >= 4 is 39.2 Å². The highest BCUT2D eigenvalue weighted by atomic mass is 32.2. The maximum Gasteiger partial charge on any atom is 0.259 e. The molecule has 2 N–H and O–H groups in total. The van der Waals surface area contributed by atoms with Gasteiger partial charge in [0.05, 0.1) is 16.4 Å². The van der Waals surface area contributed by atoms with E-state index in [1.54, 1.807) is 11.3 Å². The number of hydrogen-bond acceptors (Lipinski definition) is 5. The van der Waals surface area contributed by atoms with Crippen molar-refractivity contribution in [2.45, 2.75) is 71.4 Å². The molecule has 7 heteroatoms. The summed E-state index contributed by atoms with van der Waals surface area (Å²) in [6, 6.07) is 0.180. The van der Waals surface area contributed by atoms with Gasteiger partial charge in [0.15, 0.2) is 0 Å². The number of aryl methyl sites for hydroxylation is 2. The van der Waals surface area contributed by atoms with E-state index < -0.39 is 0 Å². The van der Waals surface area contributed by atoms with Crippen molar-refractivity contribution < 1.29 is 4.79 Å². The summed E-state index contributed by atoms with van der Waals surface area (Å²) in [4.78, 5) is 34.0. The van der Waals surface area contributed by atoms with Crippen molar-refractivity contribution in [2.24, 2.45) is 5.92 Å². The number of aromatic nitrogens is 2. The van der Waals surface area contributed by atoms with Gasteiger partial charge >= 0.3 is 0 Å². The average molecular weight is 396 g/mol. The zero-order chi connectivity index (χ0) is 19.4. The van der Waals surface area contributed by atoms with Crippen LogP contribution in [0, 0.1) is 19.8 Å². The van der Waals surface area contributed by atoms with Crippen LogP contribution in [0.3, 0.4) is 0 Å². The molecule has 0 saturated heterocycles. The lowest BCUT2D eigenvalue weighted by molar-refractivity contribution is -0.120. The molecule has 0 aliphatic heterocycles. The summed E-state index contributed by atoms with van der Waals surface area (Å²) >= 11 is 3.04. The fraction of sp³-hybridized carbons (Fsp3) is 0.632. The second-order valence-corrected chi connectivity index (χ2v) is 9.84. The zero-order valence-corrected chi connectivity index (χ0v) is 18.1. The molecule has 0 aliphatic carbocycles. The largest absolute Gasteiger partial charge is 0.353 e. The van der Waals surface area contributed by atoms with E-state index in [9.17, 15) is 9.59 Å². The molecule has 26 heavy (non-hydrogen) atoms. The summed E-state index contributed by atoms with van der Waals surface area (Å²) in [6.07, 6.45) is 2.09. The molecule has 2 unspecified atom stereocenters. The number of hydrogen-bond donors (Lipinski definition) is 2. The van der Waals surface area contributed by atoms with Crippen LogP contribution in [-0.4, -0.2) is 27.2 Å². The predicted octanol–water partition coefficient (Wildman–Crippen LogP) is 4.16. The van der Waals surface area contributed by atoms with E-state index in [2.05, 4.69) is 29.1 Å². The third kappa shape index (κ3) is 5.33. The minimum Gasteiger partial charge on any atom is -0.353 e. The van der Waals surface area contributed by atoms with E-state index >= 15 is 0 Å². The first-order chi connectivity index (χ1) is 12.2. The molecular formula is C19H29N3O2S2. The molecular weight excluding hydrogens is 366 g/mol. The van der Waals surface area contributed by atoms with Crippen LogP contribution in [0.2, 0.25) is 0 Å². The Morgan fingerprint density at radius 3 is 2.58 bits per heavy atom. The van der Waals surface area contributed by atoms with Gasteiger partial charge in [-0.25, -0.2) is 4.98 Å². The molecule has 0 radical (unpaired) electrons. The summed E-state index contributed by atoms with van der Waals surface area (Å²) in [7, 11) is 0. The molecule has 144 valence electrons. The Kier molecular flexibility index (Phi) is 7.29. The molecule has 0 fully saturated rings. The lowest BCUT2D eigenvalue weighted by Gasteiger charge is -2.18. The van der Waals surface area contributed by atoms with Crippen LogP contribution in [0.15, 0.2) is 4.79 Å². The van der Waals surface area contributed by atoms with Gasteiger partial charge in [-0.2, -0.15) is 0 Å². The van der Waals surface area contributed by atoms with Gasteiger partial charge in [0.2, 0.25) is 5.91 Å². The molecule has 0 saturated carbocycles. The Balaban J connectivity index is 1.94. The SMILES string of the molecule is Cc1sc2nc(CSC(C)C(=O)NC(C)CCC(C)C)[nH]c(=O)c2c1C. The van der Waals surface area contributed by atoms with E-state index in [0.717, 1.165) is 28.1 Å². The van der Waals surface area contributed by atoms with Crippen molar-refractivity contribution in [3.8, 4) is 0 Å².